The van der Waals surface area contributed by atoms with Gasteiger partial charge in [-0.25, -0.2) is 9.97 Å². The van der Waals surface area contributed by atoms with Gasteiger partial charge in [-0.05, 0) is 61.5 Å². The lowest BCUT2D eigenvalue weighted by Crippen LogP contribution is -2.24. The van der Waals surface area contributed by atoms with E-state index in [4.69, 9.17) is 9.97 Å². The van der Waals surface area contributed by atoms with Crippen molar-refractivity contribution in [2.24, 2.45) is 4.99 Å². The van der Waals surface area contributed by atoms with Gasteiger partial charge < -0.3 is 10.6 Å². The minimum atomic E-state index is -0.316. The fraction of sp³-hybridized carbons (Fsp3) is 0.115. The molecule has 0 aliphatic carbocycles. The smallest absolute Gasteiger partial charge is 0.249 e. The van der Waals surface area contributed by atoms with E-state index in [9.17, 15) is 4.79 Å². The Labute approximate surface area is 195 Å². The van der Waals surface area contributed by atoms with Crippen LogP contribution < -0.4 is 10.6 Å². The summed E-state index contributed by atoms with van der Waals surface area (Å²) >= 11 is 0. The zero-order chi connectivity index (χ0) is 22.9. The number of aromatic nitrogens is 4. The summed E-state index contributed by atoms with van der Waals surface area (Å²) in [5.41, 5.74) is 4.21. The maximum absolute atomic E-state index is 12.5. The first-order valence-electron chi connectivity index (χ1n) is 11.1. The molecule has 166 valence electrons. The first-order valence-corrected chi connectivity index (χ1v) is 11.1. The summed E-state index contributed by atoms with van der Waals surface area (Å²) in [4.78, 5) is 26.4. The quantitative estimate of drug-likeness (QED) is 0.348. The van der Waals surface area contributed by atoms with Crippen LogP contribution in [0.15, 0.2) is 77.9 Å². The Kier molecular flexibility index (Phi) is 4.95. The van der Waals surface area contributed by atoms with Gasteiger partial charge in [-0.2, -0.15) is 5.10 Å². The van der Waals surface area contributed by atoms with Crippen LogP contribution in [0.3, 0.4) is 0 Å². The number of amides is 1. The number of nitrogens with one attached hydrogen (secondary N) is 3. The molecule has 2 aromatic heterocycles. The van der Waals surface area contributed by atoms with E-state index < -0.39 is 0 Å². The number of aliphatic imine (C=N–C) groups is 1. The molecule has 0 bridgehead atoms. The van der Waals surface area contributed by atoms with E-state index in [1.807, 2.05) is 72.9 Å². The van der Waals surface area contributed by atoms with E-state index in [1.54, 1.807) is 6.20 Å². The van der Waals surface area contributed by atoms with Gasteiger partial charge in [0.05, 0.1) is 17.2 Å². The Bertz CT molecular complexity index is 1560. The molecule has 6 rings (SSSR count). The molecule has 34 heavy (non-hydrogen) atoms. The first kappa shape index (κ1) is 20.0. The fourth-order valence-corrected chi connectivity index (χ4v) is 4.13. The standard InChI is InChI=1S/C26H21N7O/c34-26(23-9-4-12-27-23)30-18-6-3-5-16(13-18)24-31-22-8-2-1-7-20(22)25(32-24)29-19-10-11-21-17(14-19)15-28-33-21/h1-3,5-8,10-15,23H,4,9H2,(H,28,33)(H,30,34)(H,29,31,32)/t23-/m1/s1. The lowest BCUT2D eigenvalue weighted by atomic mass is 10.1. The molecular formula is C26H21N7O. The van der Waals surface area contributed by atoms with Crippen molar-refractivity contribution in [2.45, 2.75) is 18.9 Å². The van der Waals surface area contributed by atoms with Gasteiger partial charge in [-0.3, -0.25) is 14.9 Å². The Morgan fingerprint density at radius 3 is 2.82 bits per heavy atom. The Hall–Kier alpha value is -4.59. The number of carbonyl (C=O) groups excluding carboxylic acids is 1. The number of rotatable bonds is 5. The van der Waals surface area contributed by atoms with Crippen LogP contribution >= 0.6 is 0 Å². The third-order valence-corrected chi connectivity index (χ3v) is 5.85. The monoisotopic (exact) mass is 447 g/mol. The highest BCUT2D eigenvalue weighted by Gasteiger charge is 2.20. The lowest BCUT2D eigenvalue weighted by Gasteiger charge is -2.13. The second kappa shape index (κ2) is 8.40. The van der Waals surface area contributed by atoms with E-state index in [2.05, 4.69) is 25.8 Å². The van der Waals surface area contributed by atoms with Crippen LogP contribution in [0.2, 0.25) is 0 Å². The van der Waals surface area contributed by atoms with Crippen LogP contribution in [0.1, 0.15) is 12.8 Å². The molecule has 1 amide bonds. The number of nitrogens with zero attached hydrogens (tertiary/aromatic N) is 4. The molecule has 1 atom stereocenters. The van der Waals surface area contributed by atoms with Crippen molar-refractivity contribution in [3.63, 3.8) is 0 Å². The molecule has 8 nitrogen and oxygen atoms in total. The molecule has 0 unspecified atom stereocenters. The van der Waals surface area contributed by atoms with E-state index >= 15 is 0 Å². The number of hydrogen-bond donors (Lipinski definition) is 3. The summed E-state index contributed by atoms with van der Waals surface area (Å²) in [7, 11) is 0. The minimum absolute atomic E-state index is 0.0951. The van der Waals surface area contributed by atoms with Crippen LogP contribution in [-0.2, 0) is 4.79 Å². The first-order chi connectivity index (χ1) is 16.7. The van der Waals surface area contributed by atoms with Gasteiger partial charge in [0.15, 0.2) is 5.82 Å². The molecular weight excluding hydrogens is 426 g/mol. The maximum atomic E-state index is 12.5. The number of benzene rings is 3. The molecule has 0 radical (unpaired) electrons. The SMILES string of the molecule is O=C(Nc1cccc(-c2nc(Nc3ccc4[nH]ncc4c3)c3ccccc3n2)c1)[C@H]1CCC=N1. The van der Waals surface area contributed by atoms with Crippen molar-refractivity contribution < 1.29 is 4.79 Å². The van der Waals surface area contributed by atoms with Crippen LogP contribution in [0.4, 0.5) is 17.2 Å². The highest BCUT2D eigenvalue weighted by molar-refractivity contribution is 5.97. The van der Waals surface area contributed by atoms with E-state index in [0.717, 1.165) is 45.9 Å². The van der Waals surface area contributed by atoms with Gasteiger partial charge in [-0.1, -0.05) is 24.3 Å². The summed E-state index contributed by atoms with van der Waals surface area (Å²) in [5.74, 6) is 1.18. The number of carbonyl (C=O) groups is 1. The summed E-state index contributed by atoms with van der Waals surface area (Å²) in [6.07, 6.45) is 5.19. The Morgan fingerprint density at radius 1 is 0.971 bits per heavy atom. The van der Waals surface area contributed by atoms with Crippen molar-refractivity contribution in [3.05, 3.63) is 72.9 Å². The summed E-state index contributed by atoms with van der Waals surface area (Å²) < 4.78 is 0. The van der Waals surface area contributed by atoms with Gasteiger partial charge in [0, 0.05) is 27.7 Å². The average Bonchev–Trinajstić information content (AvgIpc) is 3.56. The van der Waals surface area contributed by atoms with Crippen LogP contribution in [0.25, 0.3) is 33.2 Å². The fourth-order valence-electron chi connectivity index (χ4n) is 4.13. The molecule has 3 heterocycles. The third-order valence-electron chi connectivity index (χ3n) is 5.85. The predicted molar refractivity (Wildman–Crippen MR) is 134 cm³/mol. The zero-order valence-corrected chi connectivity index (χ0v) is 18.2. The lowest BCUT2D eigenvalue weighted by molar-refractivity contribution is -0.117. The van der Waals surface area contributed by atoms with E-state index in [-0.39, 0.29) is 11.9 Å². The largest absolute Gasteiger partial charge is 0.340 e. The predicted octanol–water partition coefficient (Wildman–Crippen LogP) is 5.09. The van der Waals surface area contributed by atoms with Crippen molar-refractivity contribution >= 4 is 51.1 Å². The van der Waals surface area contributed by atoms with Gasteiger partial charge >= 0.3 is 0 Å². The Morgan fingerprint density at radius 2 is 1.91 bits per heavy atom. The van der Waals surface area contributed by atoms with Crippen LogP contribution in [0.5, 0.6) is 0 Å². The molecule has 8 heteroatoms. The topological polar surface area (TPSA) is 108 Å². The maximum Gasteiger partial charge on any atom is 0.249 e. The van der Waals surface area contributed by atoms with Crippen molar-refractivity contribution in [2.75, 3.05) is 10.6 Å². The molecule has 1 aliphatic heterocycles. The highest BCUT2D eigenvalue weighted by atomic mass is 16.2. The molecule has 0 fully saturated rings. The van der Waals surface area contributed by atoms with Crippen LogP contribution in [-0.4, -0.2) is 38.3 Å². The number of aromatic amines is 1. The molecule has 1 aliphatic rings. The van der Waals surface area contributed by atoms with Crippen molar-refractivity contribution in [1.29, 1.82) is 0 Å². The van der Waals surface area contributed by atoms with Crippen LogP contribution in [0, 0.1) is 0 Å². The Balaban J connectivity index is 1.36. The molecule has 0 saturated heterocycles. The second-order valence-corrected chi connectivity index (χ2v) is 8.20. The van der Waals surface area contributed by atoms with Gasteiger partial charge in [0.2, 0.25) is 5.91 Å². The van der Waals surface area contributed by atoms with Crippen molar-refractivity contribution in [3.8, 4) is 11.4 Å². The average molecular weight is 448 g/mol. The molecule has 3 aromatic carbocycles. The third kappa shape index (κ3) is 3.86. The van der Waals surface area contributed by atoms with Crippen molar-refractivity contribution in [1.82, 2.24) is 20.2 Å². The van der Waals surface area contributed by atoms with Gasteiger partial charge in [-0.15, -0.1) is 0 Å². The number of fused-ring (bicyclic) bond motifs is 2. The molecule has 3 N–H and O–H groups in total. The van der Waals surface area contributed by atoms with E-state index in [1.165, 1.54) is 0 Å². The number of para-hydroxylation sites is 1. The molecule has 5 aromatic rings. The second-order valence-electron chi connectivity index (χ2n) is 8.20. The zero-order valence-electron chi connectivity index (χ0n) is 18.2. The van der Waals surface area contributed by atoms with Gasteiger partial charge in [0.1, 0.15) is 11.9 Å². The number of H-pyrrole nitrogens is 1. The summed E-state index contributed by atoms with van der Waals surface area (Å²) in [6.45, 7) is 0. The number of anilines is 3. The molecule has 0 spiro atoms. The van der Waals surface area contributed by atoms with Gasteiger partial charge in [0.25, 0.3) is 0 Å². The highest BCUT2D eigenvalue weighted by Crippen LogP contribution is 2.29. The normalized spacial score (nSPS) is 15.1. The van der Waals surface area contributed by atoms with E-state index in [0.29, 0.717) is 17.3 Å². The minimum Gasteiger partial charge on any atom is -0.340 e. The molecule has 0 saturated carbocycles. The summed E-state index contributed by atoms with van der Waals surface area (Å²) in [6, 6.07) is 21.1. The number of hydrogen-bond acceptors (Lipinski definition) is 6. The summed E-state index contributed by atoms with van der Waals surface area (Å²) in [5, 5.41) is 15.4.